The maximum absolute atomic E-state index is 13.5. The van der Waals surface area contributed by atoms with Crippen LogP contribution in [0.5, 0.6) is 5.75 Å². The molecule has 2 aromatic rings. The van der Waals surface area contributed by atoms with Crippen molar-refractivity contribution in [1.82, 2.24) is 0 Å². The zero-order valence-electron chi connectivity index (χ0n) is 10.9. The average molecular weight is 279 g/mol. The Morgan fingerprint density at radius 3 is 2.65 bits per heavy atom. The number of rotatable bonds is 5. The van der Waals surface area contributed by atoms with Crippen molar-refractivity contribution in [2.45, 2.75) is 6.10 Å². The van der Waals surface area contributed by atoms with Crippen LogP contribution < -0.4 is 10.1 Å². The fraction of sp³-hybridized carbons (Fsp3) is 0.200. The molecule has 0 aromatic heterocycles. The van der Waals surface area contributed by atoms with E-state index in [4.69, 9.17) is 4.74 Å². The van der Waals surface area contributed by atoms with Crippen molar-refractivity contribution in [3.8, 4) is 5.75 Å². The Morgan fingerprint density at radius 1 is 1.20 bits per heavy atom. The van der Waals surface area contributed by atoms with Crippen LogP contribution in [0.2, 0.25) is 0 Å². The van der Waals surface area contributed by atoms with Gasteiger partial charge >= 0.3 is 0 Å². The van der Waals surface area contributed by atoms with Crippen molar-refractivity contribution in [3.05, 3.63) is 59.7 Å². The summed E-state index contributed by atoms with van der Waals surface area (Å²) in [6.45, 7) is 0.148. The highest BCUT2D eigenvalue weighted by Crippen LogP contribution is 2.21. The van der Waals surface area contributed by atoms with Crippen molar-refractivity contribution in [3.63, 3.8) is 0 Å². The highest BCUT2D eigenvalue weighted by Gasteiger charge is 2.09. The summed E-state index contributed by atoms with van der Waals surface area (Å²) in [7, 11) is 1.39. The molecule has 1 atom stereocenters. The van der Waals surface area contributed by atoms with Crippen molar-refractivity contribution in [2.75, 3.05) is 19.0 Å². The number of hydrogen-bond donors (Lipinski definition) is 2. The molecule has 5 heteroatoms. The quantitative estimate of drug-likeness (QED) is 0.883. The minimum atomic E-state index is -0.879. The molecule has 0 aliphatic heterocycles. The number of anilines is 1. The number of methoxy groups -OCH3 is 1. The summed E-state index contributed by atoms with van der Waals surface area (Å²) in [6.07, 6.45) is -0.879. The molecule has 106 valence electrons. The summed E-state index contributed by atoms with van der Waals surface area (Å²) in [6, 6.07) is 10.1. The molecule has 2 rings (SSSR count). The Kier molecular flexibility index (Phi) is 4.53. The smallest absolute Gasteiger partial charge is 0.167 e. The molecule has 2 N–H and O–H groups in total. The lowest BCUT2D eigenvalue weighted by Gasteiger charge is -2.14. The molecule has 20 heavy (non-hydrogen) atoms. The Hall–Kier alpha value is -2.14. The lowest BCUT2D eigenvalue weighted by atomic mass is 10.1. The van der Waals surface area contributed by atoms with Gasteiger partial charge in [0.15, 0.2) is 11.6 Å². The molecule has 0 amide bonds. The third-order valence-corrected chi connectivity index (χ3v) is 2.88. The molecule has 0 saturated heterocycles. The Labute approximate surface area is 115 Å². The van der Waals surface area contributed by atoms with Gasteiger partial charge in [-0.2, -0.15) is 0 Å². The van der Waals surface area contributed by atoms with Crippen molar-refractivity contribution in [1.29, 1.82) is 0 Å². The van der Waals surface area contributed by atoms with Crippen molar-refractivity contribution < 1.29 is 18.6 Å². The van der Waals surface area contributed by atoms with Crippen LogP contribution in [0.15, 0.2) is 42.5 Å². The largest absolute Gasteiger partial charge is 0.494 e. The molecular formula is C15H15F2NO2. The third kappa shape index (κ3) is 3.45. The molecule has 0 aliphatic carbocycles. The van der Waals surface area contributed by atoms with Crippen molar-refractivity contribution in [2.24, 2.45) is 0 Å². The minimum absolute atomic E-state index is 0.148. The van der Waals surface area contributed by atoms with Gasteiger partial charge in [-0.3, -0.25) is 0 Å². The molecule has 2 aromatic carbocycles. The van der Waals surface area contributed by atoms with E-state index in [9.17, 15) is 13.9 Å². The van der Waals surface area contributed by atoms with Crippen LogP contribution in [0.4, 0.5) is 14.5 Å². The Balaban J connectivity index is 1.99. The molecule has 1 unspecified atom stereocenters. The van der Waals surface area contributed by atoms with Gasteiger partial charge in [-0.1, -0.05) is 12.1 Å². The number of aliphatic hydroxyl groups excluding tert-OH is 1. The normalized spacial score (nSPS) is 12.0. The van der Waals surface area contributed by atoms with Gasteiger partial charge in [-0.05, 0) is 29.8 Å². The summed E-state index contributed by atoms with van der Waals surface area (Å²) >= 11 is 0. The topological polar surface area (TPSA) is 41.5 Å². The van der Waals surface area contributed by atoms with E-state index in [0.717, 1.165) is 0 Å². The zero-order chi connectivity index (χ0) is 14.5. The lowest BCUT2D eigenvalue weighted by Crippen LogP contribution is -2.12. The predicted octanol–water partition coefficient (Wildman–Crippen LogP) is 3.12. The highest BCUT2D eigenvalue weighted by molar-refractivity contribution is 5.47. The van der Waals surface area contributed by atoms with Gasteiger partial charge in [0.1, 0.15) is 5.82 Å². The van der Waals surface area contributed by atoms with Crippen LogP contribution in [0.25, 0.3) is 0 Å². The summed E-state index contributed by atoms with van der Waals surface area (Å²) in [4.78, 5) is 0. The van der Waals surface area contributed by atoms with Crippen LogP contribution >= 0.6 is 0 Å². The first-order valence-corrected chi connectivity index (χ1v) is 6.11. The van der Waals surface area contributed by atoms with Gasteiger partial charge < -0.3 is 15.2 Å². The van der Waals surface area contributed by atoms with Gasteiger partial charge in [0.25, 0.3) is 0 Å². The second-order valence-corrected chi connectivity index (χ2v) is 4.30. The Bertz CT molecular complexity index is 590. The van der Waals surface area contributed by atoms with Crippen LogP contribution in [0.1, 0.15) is 11.7 Å². The van der Waals surface area contributed by atoms with E-state index in [1.54, 1.807) is 12.1 Å². The maximum atomic E-state index is 13.5. The third-order valence-electron chi connectivity index (χ3n) is 2.88. The predicted molar refractivity (Wildman–Crippen MR) is 72.8 cm³/mol. The number of ether oxygens (including phenoxy) is 1. The average Bonchev–Trinajstić information content (AvgIpc) is 2.45. The molecule has 3 nitrogen and oxygen atoms in total. The minimum Gasteiger partial charge on any atom is -0.494 e. The van der Waals surface area contributed by atoms with Gasteiger partial charge in [0.2, 0.25) is 0 Å². The number of hydrogen-bond acceptors (Lipinski definition) is 3. The first kappa shape index (κ1) is 14.3. The fourth-order valence-corrected chi connectivity index (χ4v) is 1.82. The van der Waals surface area contributed by atoms with E-state index >= 15 is 0 Å². The van der Waals surface area contributed by atoms with Crippen LogP contribution in [0.3, 0.4) is 0 Å². The van der Waals surface area contributed by atoms with Gasteiger partial charge in [-0.25, -0.2) is 8.78 Å². The standard InChI is InChI=1S/C15H15F2NO2/c1-20-15-6-5-12(8-13(15)17)18-9-14(19)10-3-2-4-11(16)7-10/h2-8,14,18-19H,9H2,1H3. The van der Waals surface area contributed by atoms with E-state index in [2.05, 4.69) is 5.32 Å². The first-order chi connectivity index (χ1) is 9.60. The molecule has 0 heterocycles. The molecule has 0 fully saturated rings. The second kappa shape index (κ2) is 6.34. The molecule has 0 saturated carbocycles. The maximum Gasteiger partial charge on any atom is 0.167 e. The molecule has 0 spiro atoms. The summed E-state index contributed by atoms with van der Waals surface area (Å²) in [5.41, 5.74) is 0.977. The first-order valence-electron chi connectivity index (χ1n) is 6.11. The number of benzene rings is 2. The molecule has 0 bridgehead atoms. The number of aliphatic hydroxyl groups is 1. The van der Waals surface area contributed by atoms with E-state index in [1.165, 1.54) is 37.4 Å². The number of nitrogens with one attached hydrogen (secondary N) is 1. The monoisotopic (exact) mass is 279 g/mol. The summed E-state index contributed by atoms with van der Waals surface area (Å²) < 4.78 is 31.3. The molecule has 0 radical (unpaired) electrons. The van der Waals surface area contributed by atoms with Crippen molar-refractivity contribution >= 4 is 5.69 Å². The highest BCUT2D eigenvalue weighted by atomic mass is 19.1. The Morgan fingerprint density at radius 2 is 2.00 bits per heavy atom. The zero-order valence-corrected chi connectivity index (χ0v) is 10.9. The van der Waals surface area contributed by atoms with Crippen LogP contribution in [-0.4, -0.2) is 18.8 Å². The van der Waals surface area contributed by atoms with Gasteiger partial charge in [0, 0.05) is 18.3 Å². The van der Waals surface area contributed by atoms with Crippen LogP contribution in [-0.2, 0) is 0 Å². The number of halogens is 2. The van der Waals surface area contributed by atoms with E-state index in [-0.39, 0.29) is 12.3 Å². The summed E-state index contributed by atoms with van der Waals surface area (Å²) in [5.74, 6) is -0.740. The van der Waals surface area contributed by atoms with Crippen LogP contribution in [0, 0.1) is 11.6 Å². The van der Waals surface area contributed by atoms with Gasteiger partial charge in [0.05, 0.1) is 13.2 Å². The summed E-state index contributed by atoms with van der Waals surface area (Å²) in [5, 5.41) is 12.8. The molecular weight excluding hydrogens is 264 g/mol. The van der Waals surface area contributed by atoms with E-state index in [1.807, 2.05) is 0 Å². The van der Waals surface area contributed by atoms with E-state index < -0.39 is 17.7 Å². The fourth-order valence-electron chi connectivity index (χ4n) is 1.82. The SMILES string of the molecule is COc1ccc(NCC(O)c2cccc(F)c2)cc1F. The van der Waals surface area contributed by atoms with Gasteiger partial charge in [-0.15, -0.1) is 0 Å². The molecule has 0 aliphatic rings. The lowest BCUT2D eigenvalue weighted by molar-refractivity contribution is 0.191. The van der Waals surface area contributed by atoms with E-state index in [0.29, 0.717) is 11.3 Å². The second-order valence-electron chi connectivity index (χ2n) is 4.30.